The Hall–Kier alpha value is -0.860. The molecule has 1 aromatic carbocycles. The summed E-state index contributed by atoms with van der Waals surface area (Å²) >= 11 is 0. The number of fused-ring (bicyclic) bond motifs is 5. The maximum absolute atomic E-state index is 6.51. The van der Waals surface area contributed by atoms with Crippen molar-refractivity contribution in [1.29, 1.82) is 0 Å². The van der Waals surface area contributed by atoms with Crippen LogP contribution in [0.4, 0.5) is 0 Å². The largest absolute Gasteiger partial charge is 0.346 e. The Labute approximate surface area is 133 Å². The zero-order valence-corrected chi connectivity index (χ0v) is 13.8. The summed E-state index contributed by atoms with van der Waals surface area (Å²) in [6, 6.07) is 10.9. The summed E-state index contributed by atoms with van der Waals surface area (Å²) in [5, 5.41) is 0. The molecule has 4 aliphatic rings. The molecule has 118 valence electrons. The normalized spacial score (nSPS) is 51.0. The lowest BCUT2D eigenvalue weighted by molar-refractivity contribution is -0.123. The number of hydrogen-bond donors (Lipinski definition) is 0. The quantitative estimate of drug-likeness (QED) is 0.808. The second kappa shape index (κ2) is 4.15. The van der Waals surface area contributed by atoms with Gasteiger partial charge in [0.15, 0.2) is 6.29 Å². The zero-order chi connectivity index (χ0) is 15.1. The molecule has 0 spiro atoms. The van der Waals surface area contributed by atoms with E-state index in [2.05, 4.69) is 51.1 Å². The zero-order valence-electron chi connectivity index (χ0n) is 13.8. The van der Waals surface area contributed by atoms with Gasteiger partial charge < -0.3 is 9.47 Å². The molecule has 5 rings (SSSR count). The second-order valence-corrected chi connectivity index (χ2v) is 8.73. The van der Waals surface area contributed by atoms with Gasteiger partial charge >= 0.3 is 0 Å². The van der Waals surface area contributed by atoms with E-state index in [1.807, 2.05) is 0 Å². The van der Waals surface area contributed by atoms with Gasteiger partial charge in [0.25, 0.3) is 0 Å². The van der Waals surface area contributed by atoms with E-state index in [1.54, 1.807) is 0 Å². The van der Waals surface area contributed by atoms with E-state index in [-0.39, 0.29) is 6.29 Å². The van der Waals surface area contributed by atoms with Crippen LogP contribution < -0.4 is 0 Å². The minimum Gasteiger partial charge on any atom is -0.346 e. The Morgan fingerprint density at radius 1 is 1.05 bits per heavy atom. The molecule has 1 saturated heterocycles. The highest BCUT2D eigenvalue weighted by molar-refractivity contribution is 5.27. The van der Waals surface area contributed by atoms with Gasteiger partial charge in [-0.3, -0.25) is 0 Å². The SMILES string of the molecule is CC1(C)[C@@H]2CC[C@@]1(C)[C@@H]1O[C@H]([C@@H]3C[C@H]3c3ccccc3)O[C@H]21. The molecule has 22 heavy (non-hydrogen) atoms. The molecular weight excluding hydrogens is 272 g/mol. The third-order valence-electron chi connectivity index (χ3n) is 7.69. The molecule has 0 N–H and O–H groups in total. The van der Waals surface area contributed by atoms with Crippen LogP contribution >= 0.6 is 0 Å². The average Bonchev–Trinajstić information content (AvgIpc) is 3.08. The first-order valence-electron chi connectivity index (χ1n) is 8.88. The second-order valence-electron chi connectivity index (χ2n) is 8.73. The highest BCUT2D eigenvalue weighted by Crippen LogP contribution is 2.69. The van der Waals surface area contributed by atoms with Gasteiger partial charge in [0.05, 0.1) is 12.2 Å². The summed E-state index contributed by atoms with van der Waals surface area (Å²) in [6.07, 6.45) is 4.54. The van der Waals surface area contributed by atoms with Crippen molar-refractivity contribution in [2.75, 3.05) is 0 Å². The molecule has 0 aromatic heterocycles. The van der Waals surface area contributed by atoms with Crippen LogP contribution in [-0.4, -0.2) is 18.5 Å². The maximum Gasteiger partial charge on any atom is 0.162 e. The lowest BCUT2D eigenvalue weighted by Crippen LogP contribution is -2.38. The average molecular weight is 298 g/mol. The van der Waals surface area contributed by atoms with E-state index in [4.69, 9.17) is 9.47 Å². The van der Waals surface area contributed by atoms with Crippen LogP contribution in [0.3, 0.4) is 0 Å². The number of benzene rings is 1. The van der Waals surface area contributed by atoms with Crippen molar-refractivity contribution in [3.8, 4) is 0 Å². The molecule has 0 radical (unpaired) electrons. The fourth-order valence-electron chi connectivity index (χ4n) is 5.75. The van der Waals surface area contributed by atoms with Crippen LogP contribution in [0, 0.1) is 22.7 Å². The molecule has 1 heterocycles. The van der Waals surface area contributed by atoms with E-state index in [9.17, 15) is 0 Å². The Kier molecular flexibility index (Phi) is 2.56. The first kappa shape index (κ1) is 13.6. The van der Waals surface area contributed by atoms with Gasteiger partial charge in [-0.05, 0) is 42.1 Å². The van der Waals surface area contributed by atoms with Gasteiger partial charge in [0, 0.05) is 11.3 Å². The molecule has 7 atom stereocenters. The Bertz CT molecular complexity index is 595. The van der Waals surface area contributed by atoms with E-state index >= 15 is 0 Å². The standard InChI is InChI=1S/C20H26O2/c1-19(2)15-9-10-20(19,3)17-16(15)21-18(22-17)14-11-13(14)12-7-5-4-6-8-12/h4-8,13-18H,9-11H2,1-3H3/t13-,14+,15+,16+,17+,18+,20-/m0/s1. The van der Waals surface area contributed by atoms with Crippen molar-refractivity contribution in [2.45, 2.75) is 64.4 Å². The molecule has 0 amide bonds. The molecule has 2 nitrogen and oxygen atoms in total. The van der Waals surface area contributed by atoms with Gasteiger partial charge in [0.1, 0.15) is 0 Å². The Morgan fingerprint density at radius 3 is 2.55 bits per heavy atom. The Morgan fingerprint density at radius 2 is 1.82 bits per heavy atom. The molecule has 3 aliphatic carbocycles. The lowest BCUT2D eigenvalue weighted by atomic mass is 9.70. The van der Waals surface area contributed by atoms with Crippen LogP contribution in [-0.2, 0) is 9.47 Å². The molecular formula is C20H26O2. The minimum atomic E-state index is 0.0382. The van der Waals surface area contributed by atoms with Gasteiger partial charge in [-0.25, -0.2) is 0 Å². The highest BCUT2D eigenvalue weighted by atomic mass is 16.7. The predicted molar refractivity (Wildman–Crippen MR) is 85.4 cm³/mol. The molecule has 1 aliphatic heterocycles. The summed E-state index contributed by atoms with van der Waals surface area (Å²) < 4.78 is 13.0. The fraction of sp³-hybridized carbons (Fsp3) is 0.700. The van der Waals surface area contributed by atoms with E-state index in [0.717, 1.165) is 0 Å². The summed E-state index contributed by atoms with van der Waals surface area (Å²) in [5.41, 5.74) is 2.11. The van der Waals surface area contributed by atoms with Crippen LogP contribution in [0.2, 0.25) is 0 Å². The maximum atomic E-state index is 6.51. The number of rotatable bonds is 2. The van der Waals surface area contributed by atoms with Crippen molar-refractivity contribution >= 4 is 0 Å². The van der Waals surface area contributed by atoms with Crippen molar-refractivity contribution in [2.24, 2.45) is 22.7 Å². The minimum absolute atomic E-state index is 0.0382. The third-order valence-corrected chi connectivity index (χ3v) is 7.69. The smallest absolute Gasteiger partial charge is 0.162 e. The van der Waals surface area contributed by atoms with Gasteiger partial charge in [0.2, 0.25) is 0 Å². The van der Waals surface area contributed by atoms with Crippen LogP contribution in [0.25, 0.3) is 0 Å². The van der Waals surface area contributed by atoms with Crippen LogP contribution in [0.5, 0.6) is 0 Å². The summed E-state index contributed by atoms with van der Waals surface area (Å²) in [6.45, 7) is 7.29. The van der Waals surface area contributed by atoms with Crippen molar-refractivity contribution in [3.63, 3.8) is 0 Å². The number of ether oxygens (including phenoxy) is 2. The molecule has 3 saturated carbocycles. The van der Waals surface area contributed by atoms with Crippen molar-refractivity contribution < 1.29 is 9.47 Å². The lowest BCUT2D eigenvalue weighted by Gasteiger charge is -2.38. The monoisotopic (exact) mass is 298 g/mol. The molecule has 2 heteroatoms. The van der Waals surface area contributed by atoms with E-state index < -0.39 is 0 Å². The van der Waals surface area contributed by atoms with Crippen molar-refractivity contribution in [3.05, 3.63) is 35.9 Å². The number of hydrogen-bond acceptors (Lipinski definition) is 2. The summed E-state index contributed by atoms with van der Waals surface area (Å²) in [5.74, 6) is 1.89. The predicted octanol–water partition coefficient (Wildman–Crippen LogP) is 4.36. The van der Waals surface area contributed by atoms with E-state index in [0.29, 0.717) is 40.8 Å². The summed E-state index contributed by atoms with van der Waals surface area (Å²) in [4.78, 5) is 0. The van der Waals surface area contributed by atoms with Crippen LogP contribution in [0.15, 0.2) is 30.3 Å². The topological polar surface area (TPSA) is 18.5 Å². The van der Waals surface area contributed by atoms with Gasteiger partial charge in [-0.1, -0.05) is 51.1 Å². The molecule has 2 bridgehead atoms. The molecule has 4 fully saturated rings. The first-order chi connectivity index (χ1) is 10.5. The van der Waals surface area contributed by atoms with E-state index in [1.165, 1.54) is 24.8 Å². The fourth-order valence-corrected chi connectivity index (χ4v) is 5.75. The summed E-state index contributed by atoms with van der Waals surface area (Å²) in [7, 11) is 0. The van der Waals surface area contributed by atoms with Gasteiger partial charge in [-0.15, -0.1) is 0 Å². The molecule has 0 unspecified atom stereocenters. The van der Waals surface area contributed by atoms with Crippen LogP contribution in [0.1, 0.15) is 51.5 Å². The van der Waals surface area contributed by atoms with Gasteiger partial charge in [-0.2, -0.15) is 0 Å². The molecule has 1 aromatic rings. The first-order valence-corrected chi connectivity index (χ1v) is 8.88. The van der Waals surface area contributed by atoms with Crippen molar-refractivity contribution in [1.82, 2.24) is 0 Å². The highest BCUT2D eigenvalue weighted by Gasteiger charge is 2.71. The third kappa shape index (κ3) is 1.53. The Balaban J connectivity index is 1.35.